The molecule has 0 saturated carbocycles. The Balaban J connectivity index is 1.77. The summed E-state index contributed by atoms with van der Waals surface area (Å²) < 4.78 is 1.81. The summed E-state index contributed by atoms with van der Waals surface area (Å²) in [5.41, 5.74) is 4.53. The first-order valence-electron chi connectivity index (χ1n) is 7.50. The van der Waals surface area contributed by atoms with E-state index < -0.39 is 0 Å². The lowest BCUT2D eigenvalue weighted by Crippen LogP contribution is -1.96. The second-order valence-electron chi connectivity index (χ2n) is 5.44. The van der Waals surface area contributed by atoms with Gasteiger partial charge in [0, 0.05) is 28.2 Å². The van der Waals surface area contributed by atoms with Gasteiger partial charge in [-0.2, -0.15) is 4.98 Å². The van der Waals surface area contributed by atoms with E-state index in [1.54, 1.807) is 6.20 Å². The Morgan fingerprint density at radius 1 is 1.04 bits per heavy atom. The van der Waals surface area contributed by atoms with Crippen LogP contribution in [0.2, 0.25) is 5.02 Å². The monoisotopic (exact) mass is 335 g/mol. The summed E-state index contributed by atoms with van der Waals surface area (Å²) >= 11 is 6.11. The van der Waals surface area contributed by atoms with Crippen LogP contribution in [0.3, 0.4) is 0 Å². The first kappa shape index (κ1) is 14.7. The van der Waals surface area contributed by atoms with Crippen LogP contribution >= 0.6 is 11.6 Å². The average Bonchev–Trinajstić information content (AvgIpc) is 2.97. The predicted octanol–water partition coefficient (Wildman–Crippen LogP) is 4.50. The second kappa shape index (κ2) is 5.94. The number of aryl methyl sites for hydroxylation is 1. The third-order valence-electron chi connectivity index (χ3n) is 3.63. The SMILES string of the molecule is Cc1cc(Nc2nc3cccc(-c4cccc(Cl)c4)n3n2)ccn1. The van der Waals surface area contributed by atoms with Gasteiger partial charge in [0.15, 0.2) is 5.65 Å². The van der Waals surface area contributed by atoms with Crippen molar-refractivity contribution in [3.05, 3.63) is 71.5 Å². The Morgan fingerprint density at radius 3 is 2.75 bits per heavy atom. The van der Waals surface area contributed by atoms with Crippen LogP contribution in [0.25, 0.3) is 16.9 Å². The highest BCUT2D eigenvalue weighted by Crippen LogP contribution is 2.24. The Morgan fingerprint density at radius 2 is 1.92 bits per heavy atom. The minimum absolute atomic E-state index is 0.537. The number of hydrogen-bond donors (Lipinski definition) is 1. The van der Waals surface area contributed by atoms with E-state index in [0.717, 1.165) is 28.3 Å². The number of benzene rings is 1. The van der Waals surface area contributed by atoms with Crippen LogP contribution in [0.5, 0.6) is 0 Å². The fraction of sp³-hybridized carbons (Fsp3) is 0.0556. The van der Waals surface area contributed by atoms with Gasteiger partial charge >= 0.3 is 0 Å². The molecule has 0 bridgehead atoms. The van der Waals surface area contributed by atoms with Crippen LogP contribution in [0.1, 0.15) is 5.69 Å². The van der Waals surface area contributed by atoms with Crippen LogP contribution in [0.4, 0.5) is 11.6 Å². The molecule has 0 aliphatic carbocycles. The molecule has 6 heteroatoms. The maximum atomic E-state index is 6.11. The van der Waals surface area contributed by atoms with Gasteiger partial charge in [0.25, 0.3) is 0 Å². The third kappa shape index (κ3) is 2.81. The number of halogens is 1. The zero-order chi connectivity index (χ0) is 16.5. The molecule has 4 rings (SSSR count). The molecule has 0 saturated heterocycles. The summed E-state index contributed by atoms with van der Waals surface area (Å²) in [4.78, 5) is 8.72. The van der Waals surface area contributed by atoms with Crippen molar-refractivity contribution in [3.8, 4) is 11.3 Å². The third-order valence-corrected chi connectivity index (χ3v) is 3.87. The van der Waals surface area contributed by atoms with Crippen molar-refractivity contribution in [2.75, 3.05) is 5.32 Å². The summed E-state index contributed by atoms with van der Waals surface area (Å²) in [5.74, 6) is 0.537. The smallest absolute Gasteiger partial charge is 0.247 e. The highest BCUT2D eigenvalue weighted by molar-refractivity contribution is 6.30. The molecule has 1 N–H and O–H groups in total. The molecule has 3 heterocycles. The standard InChI is InChI=1S/C18H14ClN5/c1-12-10-15(8-9-20-12)21-18-22-17-7-3-6-16(24(17)23-18)13-4-2-5-14(19)11-13/h2-11H,1H3,(H,20,21,23). The van der Waals surface area contributed by atoms with Crippen LogP contribution < -0.4 is 5.32 Å². The van der Waals surface area contributed by atoms with Crippen molar-refractivity contribution in [2.45, 2.75) is 6.92 Å². The number of nitrogens with one attached hydrogen (secondary N) is 1. The molecule has 0 aliphatic rings. The quantitative estimate of drug-likeness (QED) is 0.599. The highest BCUT2D eigenvalue weighted by atomic mass is 35.5. The van der Waals surface area contributed by atoms with E-state index in [1.165, 1.54) is 0 Å². The minimum atomic E-state index is 0.537. The number of rotatable bonds is 3. The summed E-state index contributed by atoms with van der Waals surface area (Å²) in [6.07, 6.45) is 1.75. The molecule has 0 radical (unpaired) electrons. The molecule has 0 atom stereocenters. The zero-order valence-corrected chi connectivity index (χ0v) is 13.7. The number of aromatic nitrogens is 4. The fourth-order valence-corrected chi connectivity index (χ4v) is 2.77. The van der Waals surface area contributed by atoms with E-state index in [2.05, 4.69) is 20.4 Å². The maximum Gasteiger partial charge on any atom is 0.247 e. The first-order chi connectivity index (χ1) is 11.7. The zero-order valence-electron chi connectivity index (χ0n) is 12.9. The van der Waals surface area contributed by atoms with Crippen molar-refractivity contribution < 1.29 is 0 Å². The molecule has 24 heavy (non-hydrogen) atoms. The summed E-state index contributed by atoms with van der Waals surface area (Å²) in [7, 11) is 0. The number of hydrogen-bond acceptors (Lipinski definition) is 4. The molecule has 3 aromatic heterocycles. The topological polar surface area (TPSA) is 55.1 Å². The lowest BCUT2D eigenvalue weighted by atomic mass is 10.1. The fourth-order valence-electron chi connectivity index (χ4n) is 2.58. The summed E-state index contributed by atoms with van der Waals surface area (Å²) in [6.45, 7) is 1.94. The predicted molar refractivity (Wildman–Crippen MR) is 95.7 cm³/mol. The van der Waals surface area contributed by atoms with E-state index >= 15 is 0 Å². The Hall–Kier alpha value is -2.92. The molecule has 0 unspecified atom stereocenters. The van der Waals surface area contributed by atoms with Crippen LogP contribution in [-0.4, -0.2) is 19.6 Å². The van der Waals surface area contributed by atoms with Gasteiger partial charge < -0.3 is 5.32 Å². The van der Waals surface area contributed by atoms with Crippen molar-refractivity contribution in [3.63, 3.8) is 0 Å². The lowest BCUT2D eigenvalue weighted by Gasteiger charge is -2.04. The van der Waals surface area contributed by atoms with Gasteiger partial charge in [-0.25, -0.2) is 4.52 Å². The molecule has 0 amide bonds. The Kier molecular flexibility index (Phi) is 3.63. The van der Waals surface area contributed by atoms with Crippen molar-refractivity contribution in [1.82, 2.24) is 19.6 Å². The molecule has 1 aromatic carbocycles. The normalized spacial score (nSPS) is 10.9. The first-order valence-corrected chi connectivity index (χ1v) is 7.88. The molecule has 118 valence electrons. The minimum Gasteiger partial charge on any atom is -0.323 e. The molecule has 0 spiro atoms. The number of anilines is 2. The number of nitrogens with zero attached hydrogens (tertiary/aromatic N) is 4. The van der Waals surface area contributed by atoms with Gasteiger partial charge in [0.2, 0.25) is 5.95 Å². The van der Waals surface area contributed by atoms with E-state index in [0.29, 0.717) is 11.0 Å². The van der Waals surface area contributed by atoms with Crippen LogP contribution in [-0.2, 0) is 0 Å². The van der Waals surface area contributed by atoms with Crippen molar-refractivity contribution in [2.24, 2.45) is 0 Å². The Labute approximate surface area is 144 Å². The lowest BCUT2D eigenvalue weighted by molar-refractivity contribution is 0.973. The molecule has 0 fully saturated rings. The van der Waals surface area contributed by atoms with Gasteiger partial charge in [0.05, 0.1) is 5.69 Å². The molecule has 0 aliphatic heterocycles. The number of pyridine rings is 2. The second-order valence-corrected chi connectivity index (χ2v) is 5.87. The van der Waals surface area contributed by atoms with Crippen LogP contribution in [0.15, 0.2) is 60.8 Å². The highest BCUT2D eigenvalue weighted by Gasteiger charge is 2.09. The molecule has 4 aromatic rings. The van der Waals surface area contributed by atoms with E-state index in [4.69, 9.17) is 11.6 Å². The van der Waals surface area contributed by atoms with Gasteiger partial charge in [0.1, 0.15) is 0 Å². The average molecular weight is 336 g/mol. The summed E-state index contributed by atoms with van der Waals surface area (Å²) in [6, 6.07) is 17.4. The molecule has 5 nitrogen and oxygen atoms in total. The maximum absolute atomic E-state index is 6.11. The Bertz CT molecular complexity index is 1020. The largest absolute Gasteiger partial charge is 0.323 e. The van der Waals surface area contributed by atoms with Gasteiger partial charge in [-0.1, -0.05) is 29.8 Å². The van der Waals surface area contributed by atoms with Crippen molar-refractivity contribution in [1.29, 1.82) is 0 Å². The molecular formula is C18H14ClN5. The van der Waals surface area contributed by atoms with E-state index in [1.807, 2.05) is 66.0 Å². The van der Waals surface area contributed by atoms with Gasteiger partial charge in [-0.3, -0.25) is 4.98 Å². The van der Waals surface area contributed by atoms with E-state index in [9.17, 15) is 0 Å². The van der Waals surface area contributed by atoms with Crippen LogP contribution in [0, 0.1) is 6.92 Å². The van der Waals surface area contributed by atoms with Gasteiger partial charge in [-0.15, -0.1) is 5.10 Å². The van der Waals surface area contributed by atoms with Crippen molar-refractivity contribution >= 4 is 28.9 Å². The van der Waals surface area contributed by atoms with E-state index in [-0.39, 0.29) is 0 Å². The van der Waals surface area contributed by atoms with Gasteiger partial charge in [-0.05, 0) is 43.3 Å². The number of fused-ring (bicyclic) bond motifs is 1. The molecular weight excluding hydrogens is 322 g/mol. The summed E-state index contributed by atoms with van der Waals surface area (Å²) in [5, 5.41) is 8.48.